The van der Waals surface area contributed by atoms with Crippen molar-refractivity contribution >= 4 is 23.6 Å². The molecule has 0 saturated heterocycles. The molecule has 1 nitrogen and oxygen atoms in total. The number of para-hydroxylation sites is 1. The first-order chi connectivity index (χ1) is 16.4. The molecular formula is C31H26OSi. The molecule has 0 spiro atoms. The molecule has 0 radical (unpaired) electrons. The van der Waals surface area contributed by atoms with E-state index in [4.69, 9.17) is 4.74 Å². The minimum atomic E-state index is -2.55. The topological polar surface area (TPSA) is 9.23 Å². The van der Waals surface area contributed by atoms with Crippen molar-refractivity contribution in [3.05, 3.63) is 145 Å². The van der Waals surface area contributed by atoms with Gasteiger partial charge in [0.1, 0.15) is 11.9 Å². The summed E-state index contributed by atoms with van der Waals surface area (Å²) in [6.07, 6.45) is 8.97. The predicted molar refractivity (Wildman–Crippen MR) is 139 cm³/mol. The molecule has 0 unspecified atom stereocenters. The molecule has 1 aliphatic heterocycles. The molecule has 160 valence electrons. The van der Waals surface area contributed by atoms with Crippen molar-refractivity contribution in [3.63, 3.8) is 0 Å². The van der Waals surface area contributed by atoms with Gasteiger partial charge in [-0.25, -0.2) is 0 Å². The van der Waals surface area contributed by atoms with Crippen LogP contribution in [0.4, 0.5) is 0 Å². The average molecular weight is 443 g/mol. The molecule has 0 N–H and O–H groups in total. The lowest BCUT2D eigenvalue weighted by Crippen LogP contribution is -2.73. The van der Waals surface area contributed by atoms with Gasteiger partial charge in [0, 0.05) is 11.5 Å². The van der Waals surface area contributed by atoms with E-state index in [1.807, 2.05) is 0 Å². The van der Waals surface area contributed by atoms with Gasteiger partial charge < -0.3 is 4.74 Å². The summed E-state index contributed by atoms with van der Waals surface area (Å²) in [6, 6.07) is 42.3. The Balaban J connectivity index is 1.75. The van der Waals surface area contributed by atoms with Gasteiger partial charge in [-0.2, -0.15) is 0 Å². The summed E-state index contributed by atoms with van der Waals surface area (Å²) in [7, 11) is -2.55. The Morgan fingerprint density at radius 1 is 0.515 bits per heavy atom. The van der Waals surface area contributed by atoms with Crippen molar-refractivity contribution in [2.45, 2.75) is 11.6 Å². The maximum Gasteiger partial charge on any atom is 0.156 e. The number of fused-ring (bicyclic) bond motifs is 2. The molecule has 6 rings (SSSR count). The van der Waals surface area contributed by atoms with E-state index in [0.29, 0.717) is 5.54 Å². The van der Waals surface area contributed by atoms with E-state index >= 15 is 0 Å². The van der Waals surface area contributed by atoms with Gasteiger partial charge in [0.2, 0.25) is 0 Å². The Morgan fingerprint density at radius 3 is 1.58 bits per heavy atom. The molecule has 33 heavy (non-hydrogen) atoms. The van der Waals surface area contributed by atoms with Gasteiger partial charge in [-0.1, -0.05) is 127 Å². The highest BCUT2D eigenvalue weighted by molar-refractivity contribution is 7.12. The molecule has 0 fully saturated rings. The summed E-state index contributed by atoms with van der Waals surface area (Å²) < 4.78 is 6.55. The number of benzene rings is 4. The number of ether oxygens (including phenoxy) is 1. The molecule has 4 aromatic carbocycles. The Bertz CT molecular complexity index is 1200. The van der Waals surface area contributed by atoms with Crippen molar-refractivity contribution < 1.29 is 4.74 Å². The van der Waals surface area contributed by atoms with Crippen LogP contribution in [0.15, 0.2) is 140 Å². The van der Waals surface area contributed by atoms with E-state index in [9.17, 15) is 0 Å². The third-order valence-electron chi connectivity index (χ3n) is 7.18. The van der Waals surface area contributed by atoms with Crippen LogP contribution in [0.25, 0.3) is 0 Å². The minimum Gasteiger partial charge on any atom is -0.485 e. The summed E-state index contributed by atoms with van der Waals surface area (Å²) in [6.45, 7) is 0. The number of hydrogen-bond donors (Lipinski definition) is 0. The van der Waals surface area contributed by atoms with E-state index in [0.717, 1.165) is 5.75 Å². The molecule has 0 aromatic heterocycles. The Hall–Kier alpha value is -3.62. The van der Waals surface area contributed by atoms with Crippen LogP contribution in [0.1, 0.15) is 11.1 Å². The third kappa shape index (κ3) is 3.21. The molecule has 2 aliphatic rings. The van der Waals surface area contributed by atoms with Crippen molar-refractivity contribution in [1.29, 1.82) is 0 Å². The standard InChI is InChI=1S/C31H26OSi/c1-4-14-24(15-5-1)33(25-16-6-2-7-17-25,26-18-8-3-9-19-26)31-27-20-10-12-22-29(27)32-30-23-13-11-21-28(30)31/h1-23,27,29,31H/t27-,29-,31-/m0/s1. The fraction of sp³-hybridized carbons (Fsp3) is 0.0968. The summed E-state index contributed by atoms with van der Waals surface area (Å²) >= 11 is 0. The number of rotatable bonds is 4. The van der Waals surface area contributed by atoms with Crippen molar-refractivity contribution in [2.24, 2.45) is 5.92 Å². The summed E-state index contributed by atoms with van der Waals surface area (Å²) in [4.78, 5) is 0. The normalized spacial score (nSPS) is 21.0. The lowest BCUT2D eigenvalue weighted by Gasteiger charge is -2.48. The quantitative estimate of drug-likeness (QED) is 0.320. The Kier molecular flexibility index (Phi) is 5.08. The van der Waals surface area contributed by atoms with Gasteiger partial charge >= 0.3 is 0 Å². The van der Waals surface area contributed by atoms with Crippen LogP contribution in [0.5, 0.6) is 5.75 Å². The summed E-state index contributed by atoms with van der Waals surface area (Å²) in [5.41, 5.74) is 1.61. The molecule has 0 saturated carbocycles. The van der Waals surface area contributed by atoms with Crippen LogP contribution in [-0.2, 0) is 0 Å². The zero-order valence-corrected chi connectivity index (χ0v) is 19.4. The van der Waals surface area contributed by atoms with Crippen LogP contribution in [0.2, 0.25) is 0 Å². The smallest absolute Gasteiger partial charge is 0.156 e. The molecule has 0 bridgehead atoms. The fourth-order valence-corrected chi connectivity index (χ4v) is 11.7. The van der Waals surface area contributed by atoms with Crippen molar-refractivity contribution in [3.8, 4) is 5.75 Å². The predicted octanol–water partition coefficient (Wildman–Crippen LogP) is 4.98. The zero-order chi connectivity index (χ0) is 22.1. The van der Waals surface area contributed by atoms with Gasteiger partial charge in [-0.15, -0.1) is 0 Å². The number of hydrogen-bond acceptors (Lipinski definition) is 1. The van der Waals surface area contributed by atoms with Gasteiger partial charge in [-0.3, -0.25) is 0 Å². The van der Waals surface area contributed by atoms with Gasteiger partial charge in [0.25, 0.3) is 0 Å². The summed E-state index contributed by atoms with van der Waals surface area (Å²) in [5.74, 6) is 1.28. The zero-order valence-electron chi connectivity index (χ0n) is 18.4. The van der Waals surface area contributed by atoms with Crippen molar-refractivity contribution in [1.82, 2.24) is 0 Å². The first-order valence-corrected chi connectivity index (χ1v) is 13.7. The fourth-order valence-electron chi connectivity index (χ4n) is 5.89. The molecule has 1 aliphatic carbocycles. The first-order valence-electron chi connectivity index (χ1n) is 11.7. The molecular weight excluding hydrogens is 416 g/mol. The van der Waals surface area contributed by atoms with Crippen LogP contribution in [0.3, 0.4) is 0 Å². The SMILES string of the molecule is C1=C[C@H]2[C@H](C=C1)Oc1ccccc1[C@H]2[Si](c1ccccc1)(c1ccccc1)c1ccccc1. The van der Waals surface area contributed by atoms with Crippen LogP contribution in [0, 0.1) is 5.92 Å². The average Bonchev–Trinajstić information content (AvgIpc) is 2.90. The van der Waals surface area contributed by atoms with Gasteiger partial charge in [-0.05, 0) is 33.3 Å². The monoisotopic (exact) mass is 442 g/mol. The second-order valence-electron chi connectivity index (χ2n) is 8.85. The lowest BCUT2D eigenvalue weighted by atomic mass is 9.87. The van der Waals surface area contributed by atoms with E-state index in [-0.39, 0.29) is 12.0 Å². The highest BCUT2D eigenvalue weighted by Crippen LogP contribution is 2.46. The van der Waals surface area contributed by atoms with Gasteiger partial charge in [0.05, 0.1) is 0 Å². The van der Waals surface area contributed by atoms with E-state index in [2.05, 4.69) is 140 Å². The molecule has 3 atom stereocenters. The summed E-state index contributed by atoms with van der Waals surface area (Å²) in [5, 5.41) is 4.31. The Labute approximate surface area is 196 Å². The third-order valence-corrected chi connectivity index (χ3v) is 12.5. The van der Waals surface area contributed by atoms with E-state index in [1.165, 1.54) is 21.1 Å². The van der Waals surface area contributed by atoms with Crippen LogP contribution in [-0.4, -0.2) is 14.2 Å². The Morgan fingerprint density at radius 2 is 1.00 bits per heavy atom. The van der Waals surface area contributed by atoms with E-state index < -0.39 is 8.07 Å². The highest BCUT2D eigenvalue weighted by Gasteiger charge is 2.53. The largest absolute Gasteiger partial charge is 0.485 e. The lowest BCUT2D eigenvalue weighted by molar-refractivity contribution is 0.173. The van der Waals surface area contributed by atoms with Crippen molar-refractivity contribution in [2.75, 3.05) is 0 Å². The maximum atomic E-state index is 6.55. The van der Waals surface area contributed by atoms with E-state index in [1.54, 1.807) is 0 Å². The minimum absolute atomic E-state index is 0.0397. The number of allylic oxidation sites excluding steroid dienone is 2. The second kappa shape index (κ2) is 8.38. The maximum absolute atomic E-state index is 6.55. The second-order valence-corrected chi connectivity index (χ2v) is 12.8. The molecule has 0 amide bonds. The van der Waals surface area contributed by atoms with Gasteiger partial charge in [0.15, 0.2) is 8.07 Å². The molecule has 2 heteroatoms. The van der Waals surface area contributed by atoms with Crippen LogP contribution >= 0.6 is 0 Å². The molecule has 4 aromatic rings. The highest BCUT2D eigenvalue weighted by atomic mass is 28.3. The van der Waals surface area contributed by atoms with Crippen LogP contribution < -0.4 is 20.3 Å². The first kappa shape index (κ1) is 20.0. The molecule has 1 heterocycles.